The monoisotopic (exact) mass is 250 g/mol. The maximum absolute atomic E-state index is 9.29. The van der Waals surface area contributed by atoms with E-state index in [9.17, 15) is 5.26 Å². The smallest absolute Gasteiger partial charge is 0.116 e. The van der Waals surface area contributed by atoms with E-state index in [1.807, 2.05) is 14.0 Å². The highest BCUT2D eigenvalue weighted by molar-refractivity contribution is 5.06. The van der Waals surface area contributed by atoms with Crippen molar-refractivity contribution in [3.05, 3.63) is 0 Å². The Balaban J connectivity index is 1.99. The van der Waals surface area contributed by atoms with Gasteiger partial charge in [-0.05, 0) is 40.3 Å². The molecule has 3 unspecified atom stereocenters. The first-order valence-corrected chi connectivity index (χ1v) is 7.16. The molecule has 0 radical (unpaired) electrons. The third-order valence-electron chi connectivity index (χ3n) is 4.63. The molecule has 0 aliphatic carbocycles. The van der Waals surface area contributed by atoms with Gasteiger partial charge in [-0.15, -0.1) is 0 Å². The van der Waals surface area contributed by atoms with Crippen LogP contribution in [0.5, 0.6) is 0 Å². The molecule has 2 aliphatic rings. The van der Waals surface area contributed by atoms with Gasteiger partial charge in [0.2, 0.25) is 0 Å². The van der Waals surface area contributed by atoms with Crippen LogP contribution < -0.4 is 5.32 Å². The zero-order valence-corrected chi connectivity index (χ0v) is 11.9. The summed E-state index contributed by atoms with van der Waals surface area (Å²) in [5, 5.41) is 12.4. The highest BCUT2D eigenvalue weighted by Crippen LogP contribution is 2.24. The highest BCUT2D eigenvalue weighted by Gasteiger charge is 2.36. The maximum atomic E-state index is 9.29. The quantitative estimate of drug-likeness (QED) is 0.813. The molecule has 2 aliphatic heterocycles. The molecule has 0 aromatic carbocycles. The average Bonchev–Trinajstić information content (AvgIpc) is 2.39. The first kappa shape index (κ1) is 13.8. The summed E-state index contributed by atoms with van der Waals surface area (Å²) >= 11 is 0. The molecule has 0 aromatic heterocycles. The normalized spacial score (nSPS) is 33.4. The minimum atomic E-state index is -0.425. The third kappa shape index (κ3) is 2.85. The zero-order chi connectivity index (χ0) is 13.2. The van der Waals surface area contributed by atoms with Gasteiger partial charge in [0, 0.05) is 31.7 Å². The summed E-state index contributed by atoms with van der Waals surface area (Å²) < 4.78 is 0. The van der Waals surface area contributed by atoms with Gasteiger partial charge in [0.25, 0.3) is 0 Å². The second kappa shape index (κ2) is 5.56. The van der Waals surface area contributed by atoms with Gasteiger partial charge in [-0.2, -0.15) is 5.26 Å². The van der Waals surface area contributed by atoms with E-state index in [-0.39, 0.29) is 0 Å². The topological polar surface area (TPSA) is 42.3 Å². The molecule has 4 heteroatoms. The molecular formula is C14H26N4. The van der Waals surface area contributed by atoms with E-state index in [1.165, 1.54) is 25.8 Å². The lowest BCUT2D eigenvalue weighted by molar-refractivity contribution is 0.00767. The van der Waals surface area contributed by atoms with Crippen LogP contribution in [-0.4, -0.2) is 60.6 Å². The molecule has 1 N–H and O–H groups in total. The fourth-order valence-corrected chi connectivity index (χ4v) is 3.21. The van der Waals surface area contributed by atoms with Crippen molar-refractivity contribution in [1.29, 1.82) is 5.26 Å². The number of nitrogens with zero attached hydrogens (tertiary/aromatic N) is 3. The predicted molar refractivity (Wildman–Crippen MR) is 73.3 cm³/mol. The molecule has 2 heterocycles. The van der Waals surface area contributed by atoms with Crippen LogP contribution in [0.2, 0.25) is 0 Å². The van der Waals surface area contributed by atoms with Crippen LogP contribution in [0.4, 0.5) is 0 Å². The maximum Gasteiger partial charge on any atom is 0.116 e. The second-order valence-electron chi connectivity index (χ2n) is 6.12. The largest absolute Gasteiger partial charge is 0.302 e. The summed E-state index contributed by atoms with van der Waals surface area (Å²) in [6.07, 6.45) is 4.05. The zero-order valence-electron chi connectivity index (χ0n) is 11.9. The van der Waals surface area contributed by atoms with Crippen LogP contribution in [0, 0.1) is 11.3 Å². The number of nitrogens with one attached hydrogen (secondary N) is 1. The van der Waals surface area contributed by atoms with E-state index in [2.05, 4.69) is 28.1 Å². The molecule has 2 rings (SSSR count). The van der Waals surface area contributed by atoms with Gasteiger partial charge in [-0.1, -0.05) is 6.42 Å². The van der Waals surface area contributed by atoms with Gasteiger partial charge in [-0.25, -0.2) is 0 Å². The van der Waals surface area contributed by atoms with Crippen molar-refractivity contribution in [2.45, 2.75) is 50.7 Å². The Labute approximate surface area is 111 Å². The number of likely N-dealkylation sites (N-methyl/N-ethyl adjacent to an activating group) is 1. The van der Waals surface area contributed by atoms with E-state index < -0.39 is 5.54 Å². The Bertz CT molecular complexity index is 324. The fourth-order valence-electron chi connectivity index (χ4n) is 3.21. The average molecular weight is 250 g/mol. The summed E-state index contributed by atoms with van der Waals surface area (Å²) in [5.74, 6) is 0. The molecule has 18 heavy (non-hydrogen) atoms. The molecule has 0 aromatic rings. The molecule has 0 amide bonds. The van der Waals surface area contributed by atoms with Crippen molar-refractivity contribution in [1.82, 2.24) is 15.1 Å². The van der Waals surface area contributed by atoms with E-state index in [4.69, 9.17) is 0 Å². The van der Waals surface area contributed by atoms with E-state index in [0.717, 1.165) is 25.7 Å². The number of fused-ring (bicyclic) bond motifs is 1. The molecule has 0 spiro atoms. The van der Waals surface area contributed by atoms with Gasteiger partial charge in [-0.3, -0.25) is 9.80 Å². The minimum absolute atomic E-state index is 0.425. The molecule has 0 saturated carbocycles. The van der Waals surface area contributed by atoms with Crippen LogP contribution in [0.3, 0.4) is 0 Å². The molecule has 102 valence electrons. The van der Waals surface area contributed by atoms with E-state index in [0.29, 0.717) is 6.04 Å². The lowest BCUT2D eigenvalue weighted by Crippen LogP contribution is -2.62. The van der Waals surface area contributed by atoms with Gasteiger partial charge < -0.3 is 5.32 Å². The van der Waals surface area contributed by atoms with Crippen LogP contribution in [-0.2, 0) is 0 Å². The Morgan fingerprint density at radius 3 is 2.83 bits per heavy atom. The number of hydrogen-bond acceptors (Lipinski definition) is 4. The minimum Gasteiger partial charge on any atom is -0.302 e. The second-order valence-corrected chi connectivity index (χ2v) is 6.12. The van der Waals surface area contributed by atoms with Crippen LogP contribution in [0.15, 0.2) is 0 Å². The Morgan fingerprint density at radius 2 is 2.17 bits per heavy atom. The van der Waals surface area contributed by atoms with Crippen molar-refractivity contribution in [3.63, 3.8) is 0 Å². The van der Waals surface area contributed by atoms with Gasteiger partial charge in [0.15, 0.2) is 0 Å². The predicted octanol–water partition coefficient (Wildman–Crippen LogP) is 1.05. The number of rotatable bonds is 3. The van der Waals surface area contributed by atoms with Crippen LogP contribution in [0.25, 0.3) is 0 Å². The first-order valence-electron chi connectivity index (χ1n) is 7.16. The lowest BCUT2D eigenvalue weighted by Gasteiger charge is -2.48. The summed E-state index contributed by atoms with van der Waals surface area (Å²) in [4.78, 5) is 5.14. The van der Waals surface area contributed by atoms with E-state index in [1.54, 1.807) is 0 Å². The van der Waals surface area contributed by atoms with Crippen molar-refractivity contribution >= 4 is 0 Å². The first-order chi connectivity index (χ1) is 8.58. The van der Waals surface area contributed by atoms with Gasteiger partial charge in [0.05, 0.1) is 6.07 Å². The highest BCUT2D eigenvalue weighted by atomic mass is 15.3. The Kier molecular flexibility index (Phi) is 4.26. The Hall–Kier alpha value is -0.630. The number of hydrogen-bond donors (Lipinski definition) is 1. The summed E-state index contributed by atoms with van der Waals surface area (Å²) in [7, 11) is 1.88. The van der Waals surface area contributed by atoms with Crippen molar-refractivity contribution < 1.29 is 0 Å². The van der Waals surface area contributed by atoms with Crippen LogP contribution in [0.1, 0.15) is 33.1 Å². The summed E-state index contributed by atoms with van der Waals surface area (Å²) in [5.41, 5.74) is -0.425. The number of nitriles is 1. The fraction of sp³-hybridized carbons (Fsp3) is 0.929. The molecule has 2 saturated heterocycles. The number of piperidine rings is 1. The summed E-state index contributed by atoms with van der Waals surface area (Å²) in [6.45, 7) is 8.66. The molecule has 2 fully saturated rings. The summed E-state index contributed by atoms with van der Waals surface area (Å²) in [6, 6.07) is 3.67. The third-order valence-corrected chi connectivity index (χ3v) is 4.63. The lowest BCUT2D eigenvalue weighted by atomic mass is 9.95. The molecule has 0 bridgehead atoms. The van der Waals surface area contributed by atoms with E-state index >= 15 is 0 Å². The molecule has 3 atom stereocenters. The number of piperazine rings is 1. The van der Waals surface area contributed by atoms with Crippen molar-refractivity contribution in [3.8, 4) is 6.07 Å². The van der Waals surface area contributed by atoms with Crippen molar-refractivity contribution in [2.75, 3.05) is 33.2 Å². The molecular weight excluding hydrogens is 224 g/mol. The van der Waals surface area contributed by atoms with Crippen molar-refractivity contribution in [2.24, 2.45) is 0 Å². The Morgan fingerprint density at radius 1 is 1.39 bits per heavy atom. The van der Waals surface area contributed by atoms with Gasteiger partial charge in [0.1, 0.15) is 5.54 Å². The standard InChI is InChI=1S/C14H26N4/c1-12-8-17-7-5-4-6-13(17)9-18(12)11-14(2,10-15)16-3/h12-13,16H,4-9,11H2,1-3H3. The van der Waals surface area contributed by atoms with Gasteiger partial charge >= 0.3 is 0 Å². The SMILES string of the molecule is CNC(C)(C#N)CN1CC2CCCCN2CC1C. The van der Waals surface area contributed by atoms with Crippen LogP contribution >= 0.6 is 0 Å². The molecule has 4 nitrogen and oxygen atoms in total.